The Balaban J connectivity index is 1.92. The zero-order chi connectivity index (χ0) is 17.7. The number of amides is 1. The van der Waals surface area contributed by atoms with Gasteiger partial charge in [-0.05, 0) is 31.0 Å². The molecule has 5 nitrogen and oxygen atoms in total. The topological polar surface area (TPSA) is 64.1 Å². The van der Waals surface area contributed by atoms with Gasteiger partial charge in [0.15, 0.2) is 6.61 Å². The maximum atomic E-state index is 12.2. The van der Waals surface area contributed by atoms with E-state index in [0.29, 0.717) is 11.1 Å². The van der Waals surface area contributed by atoms with Crippen molar-refractivity contribution >= 4 is 5.91 Å². The molecule has 128 valence electrons. The van der Waals surface area contributed by atoms with Crippen molar-refractivity contribution in [3.8, 4) is 5.88 Å². The Morgan fingerprint density at radius 3 is 2.58 bits per heavy atom. The number of aryl methyl sites for hydroxylation is 1. The van der Waals surface area contributed by atoms with Crippen molar-refractivity contribution in [3.63, 3.8) is 0 Å². The van der Waals surface area contributed by atoms with E-state index in [2.05, 4.69) is 20.0 Å². The minimum atomic E-state index is -4.41. The summed E-state index contributed by atoms with van der Waals surface area (Å²) in [4.78, 5) is 20.0. The molecule has 0 radical (unpaired) electrons. The third-order valence-electron chi connectivity index (χ3n) is 3.34. The van der Waals surface area contributed by atoms with Crippen LogP contribution in [0, 0.1) is 13.8 Å². The molecule has 0 atom stereocenters. The van der Waals surface area contributed by atoms with Crippen LogP contribution in [-0.2, 0) is 6.54 Å². The minimum absolute atomic E-state index is 0.122. The summed E-state index contributed by atoms with van der Waals surface area (Å²) in [7, 11) is 0. The van der Waals surface area contributed by atoms with Gasteiger partial charge in [0.2, 0.25) is 5.88 Å². The van der Waals surface area contributed by atoms with E-state index in [9.17, 15) is 18.0 Å². The molecule has 0 spiro atoms. The molecule has 1 amide bonds. The van der Waals surface area contributed by atoms with Crippen LogP contribution >= 0.6 is 0 Å². The zero-order valence-electron chi connectivity index (χ0n) is 13.1. The number of nitrogens with zero attached hydrogens (tertiary/aromatic N) is 2. The van der Waals surface area contributed by atoms with E-state index < -0.39 is 12.8 Å². The third kappa shape index (κ3) is 4.94. The van der Waals surface area contributed by atoms with Crippen LogP contribution in [0.2, 0.25) is 0 Å². The summed E-state index contributed by atoms with van der Waals surface area (Å²) in [6.07, 6.45) is -1.49. The lowest BCUT2D eigenvalue weighted by atomic mass is 10.1. The van der Waals surface area contributed by atoms with Crippen LogP contribution in [-0.4, -0.2) is 28.7 Å². The van der Waals surface area contributed by atoms with E-state index in [1.54, 1.807) is 18.3 Å². The number of pyridine rings is 2. The second-order valence-electron chi connectivity index (χ2n) is 5.16. The Hall–Kier alpha value is -2.64. The van der Waals surface area contributed by atoms with Crippen LogP contribution in [0.1, 0.15) is 27.2 Å². The summed E-state index contributed by atoms with van der Waals surface area (Å²) in [5.41, 5.74) is 2.74. The highest BCUT2D eigenvalue weighted by atomic mass is 19.4. The van der Waals surface area contributed by atoms with Gasteiger partial charge in [-0.15, -0.1) is 0 Å². The Labute approximate surface area is 136 Å². The largest absolute Gasteiger partial charge is 0.468 e. The molecule has 0 unspecified atom stereocenters. The fraction of sp³-hybridized carbons (Fsp3) is 0.312. The number of halogens is 3. The fourth-order valence-electron chi connectivity index (χ4n) is 1.92. The van der Waals surface area contributed by atoms with Gasteiger partial charge < -0.3 is 10.1 Å². The van der Waals surface area contributed by atoms with Crippen LogP contribution in [0.5, 0.6) is 5.88 Å². The number of hydrogen-bond acceptors (Lipinski definition) is 4. The molecule has 0 saturated heterocycles. The second kappa shape index (κ2) is 7.29. The van der Waals surface area contributed by atoms with E-state index in [1.807, 2.05) is 13.8 Å². The smallest absolute Gasteiger partial charge is 0.422 e. The van der Waals surface area contributed by atoms with Crippen molar-refractivity contribution in [2.75, 3.05) is 6.61 Å². The lowest BCUT2D eigenvalue weighted by Gasteiger charge is -2.10. The highest BCUT2D eigenvalue weighted by Gasteiger charge is 2.28. The number of aromatic nitrogens is 2. The number of carbonyl (C=O) groups excluding carboxylic acids is 1. The van der Waals surface area contributed by atoms with Crippen molar-refractivity contribution < 1.29 is 22.7 Å². The molecule has 2 heterocycles. The highest BCUT2D eigenvalue weighted by Crippen LogP contribution is 2.17. The van der Waals surface area contributed by atoms with Crippen LogP contribution < -0.4 is 10.1 Å². The van der Waals surface area contributed by atoms with Gasteiger partial charge >= 0.3 is 6.18 Å². The molecule has 0 bridgehead atoms. The second-order valence-corrected chi connectivity index (χ2v) is 5.16. The van der Waals surface area contributed by atoms with Gasteiger partial charge in [-0.25, -0.2) is 4.98 Å². The molecule has 2 aromatic rings. The molecule has 0 aromatic carbocycles. The predicted molar refractivity (Wildman–Crippen MR) is 80.7 cm³/mol. The molecule has 2 aromatic heterocycles. The lowest BCUT2D eigenvalue weighted by molar-refractivity contribution is -0.154. The van der Waals surface area contributed by atoms with Gasteiger partial charge in [0, 0.05) is 36.3 Å². The number of hydrogen-bond donors (Lipinski definition) is 1. The quantitative estimate of drug-likeness (QED) is 0.910. The van der Waals surface area contributed by atoms with Gasteiger partial charge in [0.1, 0.15) is 0 Å². The van der Waals surface area contributed by atoms with E-state index >= 15 is 0 Å². The molecule has 0 aliphatic heterocycles. The van der Waals surface area contributed by atoms with E-state index in [0.717, 1.165) is 11.3 Å². The highest BCUT2D eigenvalue weighted by molar-refractivity contribution is 5.95. The molecule has 0 fully saturated rings. The predicted octanol–water partition coefficient (Wildman–Crippen LogP) is 2.96. The maximum Gasteiger partial charge on any atom is 0.422 e. The number of alkyl halides is 3. The van der Waals surface area contributed by atoms with E-state index in [1.165, 1.54) is 12.3 Å². The van der Waals surface area contributed by atoms with Crippen LogP contribution in [0.25, 0.3) is 0 Å². The lowest BCUT2D eigenvalue weighted by Crippen LogP contribution is -2.24. The first-order valence-corrected chi connectivity index (χ1v) is 7.11. The molecule has 1 N–H and O–H groups in total. The van der Waals surface area contributed by atoms with Gasteiger partial charge in [0.25, 0.3) is 5.91 Å². The summed E-state index contributed by atoms with van der Waals surface area (Å²) in [6, 6.07) is 4.50. The number of rotatable bonds is 5. The standard InChI is InChI=1S/C16H16F3N3O2/c1-10-11(2)20-6-5-13(10)15(23)22-8-12-3-4-14(21-7-12)24-9-16(17,18)19/h3-7H,8-9H2,1-2H3,(H,22,23). The Morgan fingerprint density at radius 2 is 1.96 bits per heavy atom. The normalized spacial score (nSPS) is 11.2. The zero-order valence-corrected chi connectivity index (χ0v) is 13.1. The third-order valence-corrected chi connectivity index (χ3v) is 3.34. The van der Waals surface area contributed by atoms with Crippen molar-refractivity contribution in [2.24, 2.45) is 0 Å². The first-order valence-electron chi connectivity index (χ1n) is 7.11. The van der Waals surface area contributed by atoms with Gasteiger partial charge in [-0.1, -0.05) is 6.07 Å². The van der Waals surface area contributed by atoms with Crippen molar-refractivity contribution in [3.05, 3.63) is 53.0 Å². The summed E-state index contributed by atoms with van der Waals surface area (Å²) >= 11 is 0. The molecule has 8 heteroatoms. The average Bonchev–Trinajstić information content (AvgIpc) is 2.53. The first kappa shape index (κ1) is 17.7. The Bertz CT molecular complexity index is 715. The van der Waals surface area contributed by atoms with Gasteiger partial charge in [0.05, 0.1) is 0 Å². The van der Waals surface area contributed by atoms with Crippen molar-refractivity contribution in [1.82, 2.24) is 15.3 Å². The fourth-order valence-corrected chi connectivity index (χ4v) is 1.92. The molecule has 0 aliphatic carbocycles. The van der Waals surface area contributed by atoms with Gasteiger partial charge in [-0.3, -0.25) is 9.78 Å². The molecule has 2 rings (SSSR count). The summed E-state index contributed by atoms with van der Waals surface area (Å²) in [5.74, 6) is -0.376. The minimum Gasteiger partial charge on any atom is -0.468 e. The Morgan fingerprint density at radius 1 is 1.21 bits per heavy atom. The van der Waals surface area contributed by atoms with Crippen molar-refractivity contribution in [1.29, 1.82) is 0 Å². The van der Waals surface area contributed by atoms with Crippen LogP contribution in [0.4, 0.5) is 13.2 Å². The summed E-state index contributed by atoms with van der Waals surface area (Å²) < 4.78 is 40.7. The van der Waals surface area contributed by atoms with E-state index in [-0.39, 0.29) is 18.3 Å². The molecule has 0 aliphatic rings. The monoisotopic (exact) mass is 339 g/mol. The summed E-state index contributed by atoms with van der Waals surface area (Å²) in [6.45, 7) is 2.43. The molecule has 24 heavy (non-hydrogen) atoms. The average molecular weight is 339 g/mol. The number of carbonyl (C=O) groups is 1. The molecular weight excluding hydrogens is 323 g/mol. The SMILES string of the molecule is Cc1nccc(C(=O)NCc2ccc(OCC(F)(F)F)nc2)c1C. The van der Waals surface area contributed by atoms with Crippen LogP contribution in [0.15, 0.2) is 30.6 Å². The first-order chi connectivity index (χ1) is 11.3. The van der Waals surface area contributed by atoms with E-state index in [4.69, 9.17) is 0 Å². The maximum absolute atomic E-state index is 12.2. The summed E-state index contributed by atoms with van der Waals surface area (Å²) in [5, 5.41) is 2.73. The molecular formula is C16H16F3N3O2. The number of nitrogens with one attached hydrogen (secondary N) is 1. The van der Waals surface area contributed by atoms with Gasteiger partial charge in [-0.2, -0.15) is 13.2 Å². The van der Waals surface area contributed by atoms with Crippen LogP contribution in [0.3, 0.4) is 0 Å². The number of ether oxygens (including phenoxy) is 1. The molecule has 0 saturated carbocycles. The van der Waals surface area contributed by atoms with Crippen molar-refractivity contribution in [2.45, 2.75) is 26.6 Å². The Kier molecular flexibility index (Phi) is 5.38.